The minimum atomic E-state index is -2.92. The molecule has 0 bridgehead atoms. The predicted octanol–water partition coefficient (Wildman–Crippen LogP) is 3.48. The molecule has 0 aliphatic carbocycles. The van der Waals surface area contributed by atoms with Crippen molar-refractivity contribution in [1.29, 1.82) is 0 Å². The normalized spacial score (nSPS) is 11.0. The van der Waals surface area contributed by atoms with E-state index >= 15 is 0 Å². The smallest absolute Gasteiger partial charge is 0.387 e. The number of nitrogens with zero attached hydrogens (tertiary/aromatic N) is 2. The Hall–Kier alpha value is -2.76. The first kappa shape index (κ1) is 13.2. The van der Waals surface area contributed by atoms with Gasteiger partial charge < -0.3 is 10.5 Å². The van der Waals surface area contributed by atoms with Crippen molar-refractivity contribution in [3.05, 3.63) is 48.7 Å². The Kier molecular flexibility index (Phi) is 3.35. The number of nitrogen functional groups attached to an aromatic ring is 1. The minimum Gasteiger partial charge on any atom is -0.432 e. The second-order valence-corrected chi connectivity index (χ2v) is 4.35. The molecule has 3 rings (SSSR count). The summed E-state index contributed by atoms with van der Waals surface area (Å²) in [6, 6.07) is 12.7. The van der Waals surface area contributed by atoms with Gasteiger partial charge in [-0.2, -0.15) is 8.78 Å². The number of fused-ring (bicyclic) bond motifs is 1. The average Bonchev–Trinajstić information content (AvgIpc) is 2.48. The number of aromatic nitrogens is 2. The molecule has 0 aliphatic heterocycles. The van der Waals surface area contributed by atoms with Crippen LogP contribution in [0.2, 0.25) is 0 Å². The number of hydrogen-bond acceptors (Lipinski definition) is 4. The van der Waals surface area contributed by atoms with E-state index in [0.29, 0.717) is 5.39 Å². The summed E-state index contributed by atoms with van der Waals surface area (Å²) in [5.74, 6) is -0.0133. The minimum absolute atomic E-state index is 0.00632. The van der Waals surface area contributed by atoms with Crippen molar-refractivity contribution in [2.45, 2.75) is 6.61 Å². The van der Waals surface area contributed by atoms with Crippen LogP contribution in [-0.4, -0.2) is 16.6 Å². The van der Waals surface area contributed by atoms with Crippen molar-refractivity contribution in [1.82, 2.24) is 9.97 Å². The molecule has 6 heteroatoms. The number of benzene rings is 2. The number of hydrogen-bond donors (Lipinski definition) is 1. The molecule has 21 heavy (non-hydrogen) atoms. The first-order chi connectivity index (χ1) is 10.1. The molecule has 1 heterocycles. The molecule has 0 spiro atoms. The Labute approximate surface area is 119 Å². The van der Waals surface area contributed by atoms with Crippen LogP contribution in [0.15, 0.2) is 48.7 Å². The van der Waals surface area contributed by atoms with Crippen LogP contribution in [0, 0.1) is 0 Å². The van der Waals surface area contributed by atoms with Gasteiger partial charge >= 0.3 is 6.61 Å². The van der Waals surface area contributed by atoms with Crippen LogP contribution in [0.5, 0.6) is 5.75 Å². The van der Waals surface area contributed by atoms with E-state index in [1.165, 1.54) is 12.3 Å². The van der Waals surface area contributed by atoms with Gasteiger partial charge in [0.25, 0.3) is 0 Å². The van der Waals surface area contributed by atoms with Gasteiger partial charge in [-0.1, -0.05) is 30.3 Å². The van der Waals surface area contributed by atoms with E-state index in [9.17, 15) is 8.78 Å². The maximum Gasteiger partial charge on any atom is 0.387 e. The zero-order valence-corrected chi connectivity index (χ0v) is 10.8. The maximum absolute atomic E-state index is 12.5. The van der Waals surface area contributed by atoms with Crippen LogP contribution in [0.4, 0.5) is 14.7 Å². The summed E-state index contributed by atoms with van der Waals surface area (Å²) in [5.41, 5.74) is 7.57. The lowest BCUT2D eigenvalue weighted by Crippen LogP contribution is -2.04. The third-order valence-electron chi connectivity index (χ3n) is 3.03. The van der Waals surface area contributed by atoms with Crippen LogP contribution in [-0.2, 0) is 0 Å². The van der Waals surface area contributed by atoms with Crippen LogP contribution in [0.1, 0.15) is 0 Å². The van der Waals surface area contributed by atoms with Gasteiger partial charge in [0.15, 0.2) is 5.75 Å². The van der Waals surface area contributed by atoms with Crippen LogP contribution in [0.3, 0.4) is 0 Å². The summed E-state index contributed by atoms with van der Waals surface area (Å²) < 4.78 is 29.4. The topological polar surface area (TPSA) is 61.0 Å². The lowest BCUT2D eigenvalue weighted by atomic mass is 10.0. The van der Waals surface area contributed by atoms with E-state index in [1.54, 1.807) is 6.07 Å². The summed E-state index contributed by atoms with van der Waals surface area (Å²) in [6.45, 7) is -2.92. The van der Waals surface area contributed by atoms with Gasteiger partial charge in [-0.25, -0.2) is 9.97 Å². The second-order valence-electron chi connectivity index (χ2n) is 4.35. The average molecular weight is 287 g/mol. The van der Waals surface area contributed by atoms with Gasteiger partial charge in [0.05, 0.1) is 0 Å². The first-order valence-electron chi connectivity index (χ1n) is 6.20. The van der Waals surface area contributed by atoms with E-state index in [-0.39, 0.29) is 17.2 Å². The molecule has 0 saturated heterocycles. The number of rotatable bonds is 3. The lowest BCUT2D eigenvalue weighted by molar-refractivity contribution is -0.0489. The number of ether oxygens (including phenoxy) is 1. The van der Waals surface area contributed by atoms with Gasteiger partial charge in [-0.05, 0) is 23.3 Å². The summed E-state index contributed by atoms with van der Waals surface area (Å²) in [6.07, 6.45) is 1.51. The molecule has 4 nitrogen and oxygen atoms in total. The van der Waals surface area contributed by atoms with Crippen LogP contribution >= 0.6 is 0 Å². The Balaban J connectivity index is 2.25. The summed E-state index contributed by atoms with van der Waals surface area (Å²) in [4.78, 5) is 7.96. The molecular formula is C15H11F2N3O. The number of nitrogens with two attached hydrogens (primary N) is 1. The quantitative estimate of drug-likeness (QED) is 0.801. The zero-order chi connectivity index (χ0) is 14.8. The van der Waals surface area contributed by atoms with Gasteiger partial charge in [-0.15, -0.1) is 0 Å². The van der Waals surface area contributed by atoms with Crippen molar-refractivity contribution in [3.8, 4) is 16.9 Å². The van der Waals surface area contributed by atoms with Crippen molar-refractivity contribution in [2.75, 3.05) is 5.73 Å². The molecule has 0 aliphatic rings. The highest BCUT2D eigenvalue weighted by Crippen LogP contribution is 2.33. The fourth-order valence-electron chi connectivity index (χ4n) is 2.17. The fourth-order valence-corrected chi connectivity index (χ4v) is 2.17. The molecule has 0 unspecified atom stereocenters. The Morgan fingerprint density at radius 3 is 2.52 bits per heavy atom. The molecule has 2 N–H and O–H groups in total. The standard InChI is InChI=1S/C15H11F2N3O/c16-14(17)21-12-7-6-10(9-4-2-1-3-5-9)11-8-19-15(18)20-13(11)12/h1-8,14H,(H2,18,19,20). The molecule has 0 radical (unpaired) electrons. The molecular weight excluding hydrogens is 276 g/mol. The molecule has 1 aromatic heterocycles. The first-order valence-corrected chi connectivity index (χ1v) is 6.20. The van der Waals surface area contributed by atoms with Crippen LogP contribution in [0.25, 0.3) is 22.0 Å². The van der Waals surface area contributed by atoms with E-state index in [0.717, 1.165) is 11.1 Å². The summed E-state index contributed by atoms with van der Waals surface area (Å²) in [5, 5.41) is 0.605. The van der Waals surface area contributed by atoms with Crippen molar-refractivity contribution in [3.63, 3.8) is 0 Å². The highest BCUT2D eigenvalue weighted by atomic mass is 19.3. The Morgan fingerprint density at radius 1 is 1.05 bits per heavy atom. The molecule has 0 fully saturated rings. The van der Waals surface area contributed by atoms with Gasteiger partial charge in [0, 0.05) is 11.6 Å². The van der Waals surface area contributed by atoms with Crippen molar-refractivity contribution >= 4 is 16.9 Å². The number of alkyl halides is 2. The lowest BCUT2D eigenvalue weighted by Gasteiger charge is -2.11. The molecule has 106 valence electrons. The number of anilines is 1. The van der Waals surface area contributed by atoms with E-state index in [4.69, 9.17) is 5.73 Å². The monoisotopic (exact) mass is 287 g/mol. The van der Waals surface area contributed by atoms with Gasteiger partial charge in [-0.3, -0.25) is 0 Å². The molecule has 3 aromatic rings. The summed E-state index contributed by atoms with van der Waals surface area (Å²) in [7, 11) is 0. The third kappa shape index (κ3) is 2.60. The third-order valence-corrected chi connectivity index (χ3v) is 3.03. The highest BCUT2D eigenvalue weighted by molar-refractivity contribution is 5.97. The Bertz CT molecular complexity index is 778. The van der Waals surface area contributed by atoms with E-state index in [2.05, 4.69) is 14.7 Å². The van der Waals surface area contributed by atoms with Crippen molar-refractivity contribution in [2.24, 2.45) is 0 Å². The largest absolute Gasteiger partial charge is 0.432 e. The fraction of sp³-hybridized carbons (Fsp3) is 0.0667. The summed E-state index contributed by atoms with van der Waals surface area (Å²) >= 11 is 0. The molecule has 0 amide bonds. The zero-order valence-electron chi connectivity index (χ0n) is 10.8. The van der Waals surface area contributed by atoms with Crippen molar-refractivity contribution < 1.29 is 13.5 Å². The van der Waals surface area contributed by atoms with E-state index in [1.807, 2.05) is 30.3 Å². The molecule has 0 saturated carbocycles. The number of halogens is 2. The molecule has 0 atom stereocenters. The SMILES string of the molecule is Nc1ncc2c(-c3ccccc3)ccc(OC(F)F)c2n1. The van der Waals surface area contributed by atoms with E-state index < -0.39 is 6.61 Å². The maximum atomic E-state index is 12.5. The predicted molar refractivity (Wildman–Crippen MR) is 76.0 cm³/mol. The second kappa shape index (κ2) is 5.32. The Morgan fingerprint density at radius 2 is 1.81 bits per heavy atom. The molecule has 2 aromatic carbocycles. The van der Waals surface area contributed by atoms with Gasteiger partial charge in [0.2, 0.25) is 5.95 Å². The highest BCUT2D eigenvalue weighted by Gasteiger charge is 2.14. The van der Waals surface area contributed by atoms with Crippen LogP contribution < -0.4 is 10.5 Å². The van der Waals surface area contributed by atoms with Gasteiger partial charge in [0.1, 0.15) is 5.52 Å².